The van der Waals surface area contributed by atoms with Gasteiger partial charge in [-0.25, -0.2) is 0 Å². The second-order valence-corrected chi connectivity index (χ2v) is 2.77. The van der Waals surface area contributed by atoms with Crippen LogP contribution in [0.4, 0.5) is 0 Å². The van der Waals surface area contributed by atoms with Gasteiger partial charge in [-0.15, -0.1) is 0 Å². The third-order valence-corrected chi connectivity index (χ3v) is 2.00. The van der Waals surface area contributed by atoms with Gasteiger partial charge in [0.05, 0.1) is 12.2 Å². The molecule has 1 fully saturated rings. The van der Waals surface area contributed by atoms with Crippen LogP contribution in [0, 0.1) is 0 Å². The Kier molecular flexibility index (Phi) is 2.28. The van der Waals surface area contributed by atoms with Crippen LogP contribution in [-0.2, 0) is 4.74 Å². The fraction of sp³-hybridized carbons (Fsp3) is 1.00. The van der Waals surface area contributed by atoms with Gasteiger partial charge < -0.3 is 14.9 Å². The molecule has 0 aliphatic carbocycles. The van der Waals surface area contributed by atoms with E-state index in [0.717, 1.165) is 6.42 Å². The molecule has 10 heavy (non-hydrogen) atoms. The first kappa shape index (κ1) is 7.98. The lowest BCUT2D eigenvalue weighted by atomic mass is 10.1. The predicted molar refractivity (Wildman–Crippen MR) is 36.6 cm³/mol. The minimum absolute atomic E-state index is 0.176. The van der Waals surface area contributed by atoms with Gasteiger partial charge in [0.2, 0.25) is 0 Å². The van der Waals surface area contributed by atoms with Crippen molar-refractivity contribution in [2.24, 2.45) is 0 Å². The maximum atomic E-state index is 9.25. The minimum Gasteiger partial charge on any atom is -0.388 e. The molecule has 0 aromatic carbocycles. The topological polar surface area (TPSA) is 49.7 Å². The Morgan fingerprint density at radius 2 is 1.90 bits per heavy atom. The highest BCUT2D eigenvalue weighted by Gasteiger charge is 2.38. The molecule has 0 aromatic heterocycles. The van der Waals surface area contributed by atoms with Gasteiger partial charge in [0.1, 0.15) is 12.2 Å². The SMILES string of the molecule is CCC1OC(C)[C@H](O)[C@@H]1O. The normalized spacial score (nSPS) is 48.0. The Balaban J connectivity index is 2.53. The largest absolute Gasteiger partial charge is 0.388 e. The molecular formula is C7H14O3. The second-order valence-electron chi connectivity index (χ2n) is 2.77. The lowest BCUT2D eigenvalue weighted by Gasteiger charge is -2.10. The fourth-order valence-corrected chi connectivity index (χ4v) is 1.27. The van der Waals surface area contributed by atoms with E-state index in [9.17, 15) is 10.2 Å². The van der Waals surface area contributed by atoms with Crippen LogP contribution < -0.4 is 0 Å². The van der Waals surface area contributed by atoms with E-state index in [1.54, 1.807) is 6.92 Å². The van der Waals surface area contributed by atoms with Crippen LogP contribution in [0.3, 0.4) is 0 Å². The number of hydrogen-bond donors (Lipinski definition) is 2. The molecule has 1 aliphatic rings. The van der Waals surface area contributed by atoms with Gasteiger partial charge in [-0.05, 0) is 13.3 Å². The van der Waals surface area contributed by atoms with E-state index in [4.69, 9.17) is 4.74 Å². The van der Waals surface area contributed by atoms with E-state index in [-0.39, 0.29) is 12.2 Å². The van der Waals surface area contributed by atoms with Gasteiger partial charge >= 0.3 is 0 Å². The first-order chi connectivity index (χ1) is 4.66. The zero-order valence-electron chi connectivity index (χ0n) is 6.32. The van der Waals surface area contributed by atoms with E-state index in [1.807, 2.05) is 6.92 Å². The molecule has 1 aliphatic heterocycles. The van der Waals surface area contributed by atoms with Gasteiger partial charge in [0, 0.05) is 0 Å². The summed E-state index contributed by atoms with van der Waals surface area (Å²) in [4.78, 5) is 0. The summed E-state index contributed by atoms with van der Waals surface area (Å²) < 4.78 is 5.23. The molecule has 0 bridgehead atoms. The van der Waals surface area contributed by atoms with Crippen molar-refractivity contribution in [3.63, 3.8) is 0 Å². The number of aliphatic hydroxyl groups excluding tert-OH is 2. The Labute approximate surface area is 60.6 Å². The molecule has 1 rings (SSSR count). The zero-order chi connectivity index (χ0) is 7.72. The first-order valence-electron chi connectivity index (χ1n) is 3.68. The van der Waals surface area contributed by atoms with Crippen LogP contribution >= 0.6 is 0 Å². The Morgan fingerprint density at radius 1 is 1.30 bits per heavy atom. The smallest absolute Gasteiger partial charge is 0.108 e. The van der Waals surface area contributed by atoms with Crippen molar-refractivity contribution >= 4 is 0 Å². The molecule has 60 valence electrons. The van der Waals surface area contributed by atoms with Crippen LogP contribution in [0.1, 0.15) is 20.3 Å². The summed E-state index contributed by atoms with van der Waals surface area (Å²) >= 11 is 0. The summed E-state index contributed by atoms with van der Waals surface area (Å²) in [5, 5.41) is 18.4. The highest BCUT2D eigenvalue weighted by molar-refractivity contribution is 4.87. The average molecular weight is 146 g/mol. The number of ether oxygens (including phenoxy) is 1. The highest BCUT2D eigenvalue weighted by atomic mass is 16.5. The van der Waals surface area contributed by atoms with E-state index < -0.39 is 12.2 Å². The van der Waals surface area contributed by atoms with Gasteiger partial charge in [0.15, 0.2) is 0 Å². The van der Waals surface area contributed by atoms with Gasteiger partial charge in [0.25, 0.3) is 0 Å². The third-order valence-electron chi connectivity index (χ3n) is 2.00. The lowest BCUT2D eigenvalue weighted by Crippen LogP contribution is -2.31. The van der Waals surface area contributed by atoms with Crippen molar-refractivity contribution < 1.29 is 14.9 Å². The van der Waals surface area contributed by atoms with Crippen molar-refractivity contribution in [3.05, 3.63) is 0 Å². The zero-order valence-corrected chi connectivity index (χ0v) is 6.32. The molecule has 0 aromatic rings. The van der Waals surface area contributed by atoms with Crippen LogP contribution in [0.5, 0.6) is 0 Å². The van der Waals surface area contributed by atoms with Crippen LogP contribution in [0.25, 0.3) is 0 Å². The van der Waals surface area contributed by atoms with E-state index in [1.165, 1.54) is 0 Å². The van der Waals surface area contributed by atoms with E-state index in [0.29, 0.717) is 0 Å². The van der Waals surface area contributed by atoms with E-state index in [2.05, 4.69) is 0 Å². The molecule has 3 heteroatoms. The molecule has 1 heterocycles. The first-order valence-corrected chi connectivity index (χ1v) is 3.68. The molecule has 3 nitrogen and oxygen atoms in total. The maximum absolute atomic E-state index is 9.25. The number of hydrogen-bond acceptors (Lipinski definition) is 3. The Bertz CT molecular complexity index is 115. The average Bonchev–Trinajstić information content (AvgIpc) is 2.17. The van der Waals surface area contributed by atoms with Crippen LogP contribution in [0.2, 0.25) is 0 Å². The number of aliphatic hydroxyl groups is 2. The third kappa shape index (κ3) is 1.17. The Morgan fingerprint density at radius 3 is 2.10 bits per heavy atom. The molecule has 0 spiro atoms. The van der Waals surface area contributed by atoms with E-state index >= 15 is 0 Å². The summed E-state index contributed by atoms with van der Waals surface area (Å²) in [6, 6.07) is 0. The summed E-state index contributed by atoms with van der Waals surface area (Å²) in [5.41, 5.74) is 0. The molecule has 1 saturated heterocycles. The van der Waals surface area contributed by atoms with Gasteiger partial charge in [-0.3, -0.25) is 0 Å². The minimum atomic E-state index is -0.704. The Hall–Kier alpha value is -0.120. The fourth-order valence-electron chi connectivity index (χ4n) is 1.27. The van der Waals surface area contributed by atoms with Crippen molar-refractivity contribution in [1.29, 1.82) is 0 Å². The van der Waals surface area contributed by atoms with Crippen molar-refractivity contribution in [3.8, 4) is 0 Å². The number of rotatable bonds is 1. The van der Waals surface area contributed by atoms with Crippen molar-refractivity contribution in [2.45, 2.75) is 44.7 Å². The summed E-state index contributed by atoms with van der Waals surface area (Å²) in [6.07, 6.45) is -1.04. The summed E-state index contributed by atoms with van der Waals surface area (Å²) in [5.74, 6) is 0. The molecule has 2 N–H and O–H groups in total. The summed E-state index contributed by atoms with van der Waals surface area (Å²) in [7, 11) is 0. The lowest BCUT2D eigenvalue weighted by molar-refractivity contribution is 0.0144. The monoisotopic (exact) mass is 146 g/mol. The second kappa shape index (κ2) is 2.86. The van der Waals surface area contributed by atoms with Crippen molar-refractivity contribution in [2.75, 3.05) is 0 Å². The van der Waals surface area contributed by atoms with Crippen LogP contribution in [-0.4, -0.2) is 34.6 Å². The standard InChI is InChI=1S/C7H14O3/c1-3-5-7(9)6(8)4(2)10-5/h4-9H,3H2,1-2H3/t4?,5?,6-,7+/m0/s1. The molecule has 4 atom stereocenters. The summed E-state index contributed by atoms with van der Waals surface area (Å²) in [6.45, 7) is 3.70. The molecule has 0 amide bonds. The highest BCUT2D eigenvalue weighted by Crippen LogP contribution is 2.22. The molecule has 2 unspecified atom stereocenters. The van der Waals surface area contributed by atoms with Crippen molar-refractivity contribution in [1.82, 2.24) is 0 Å². The predicted octanol–water partition coefficient (Wildman–Crippen LogP) is -0.0945. The maximum Gasteiger partial charge on any atom is 0.108 e. The molecule has 0 saturated carbocycles. The molecule has 0 radical (unpaired) electrons. The van der Waals surface area contributed by atoms with Crippen LogP contribution in [0.15, 0.2) is 0 Å². The molecular weight excluding hydrogens is 132 g/mol. The van der Waals surface area contributed by atoms with Gasteiger partial charge in [-0.1, -0.05) is 6.92 Å². The quantitative estimate of drug-likeness (QED) is 0.543. The van der Waals surface area contributed by atoms with Gasteiger partial charge in [-0.2, -0.15) is 0 Å².